The number of aromatic nitrogens is 2. The molecule has 2 amide bonds. The van der Waals surface area contributed by atoms with Gasteiger partial charge in [-0.05, 0) is 146 Å². The Hall–Kier alpha value is -7.36. The quantitative estimate of drug-likeness (QED) is 0.0249. The number of halogens is 2. The minimum absolute atomic E-state index is 0. The summed E-state index contributed by atoms with van der Waals surface area (Å²) in [6.45, 7) is 12.0. The molecule has 9 N–H and O–H groups in total. The standard InChI is InChI=1S/2C33H35FN2O5.C4H11NO.Ca/c2*1-21(2)31-30(33(41)35-25-11-7-4-8-12-25)29(22-9-5-3-6-10-22)32(23-13-15-24(34)16-14-23)36(31)18-17-26(37)19-27(38)20-28(39)40;1-4(2,5)3-6;/h2*3-16,21,26-27,37-38H,17-20H2,1-2H3,(H,35,41)(H,39,40);6H,3,5H2,1-2H3;/q;;;+2/p-2/t2*26-,27-;;/m11../s1. The van der Waals surface area contributed by atoms with Gasteiger partial charge in [-0.15, -0.1) is 0 Å². The molecule has 0 saturated heterocycles. The number of aliphatic hydroxyl groups is 5. The Balaban J connectivity index is 0.000000294. The number of hydrogen-bond donors (Lipinski definition) is 8. The monoisotopic (exact) mass is 1240 g/mol. The largest absolute Gasteiger partial charge is 2.00 e. The zero-order chi connectivity index (χ0) is 64.2. The second kappa shape index (κ2) is 34.6. The Morgan fingerprint density at radius 1 is 0.494 bits per heavy atom. The summed E-state index contributed by atoms with van der Waals surface area (Å²) in [4.78, 5) is 49.8. The summed E-state index contributed by atoms with van der Waals surface area (Å²) in [5, 5.41) is 77.5. The third-order valence-corrected chi connectivity index (χ3v) is 14.3. The molecule has 16 nitrogen and oxygen atoms in total. The van der Waals surface area contributed by atoms with Crippen LogP contribution in [0.15, 0.2) is 170 Å². The molecule has 0 fully saturated rings. The maximum absolute atomic E-state index is 14.0. The summed E-state index contributed by atoms with van der Waals surface area (Å²) < 4.78 is 32.0. The first-order valence-corrected chi connectivity index (χ1v) is 29.3. The van der Waals surface area contributed by atoms with E-state index < -0.39 is 66.4 Å². The summed E-state index contributed by atoms with van der Waals surface area (Å²) in [7, 11) is 0. The summed E-state index contributed by atoms with van der Waals surface area (Å²) in [6, 6.07) is 49.4. The number of carboxylic acid groups (broad SMARTS) is 2. The average Bonchev–Trinajstić information content (AvgIpc) is 1.62. The molecule has 0 spiro atoms. The van der Waals surface area contributed by atoms with Crippen LogP contribution in [-0.4, -0.2) is 133 Å². The van der Waals surface area contributed by atoms with E-state index in [1.165, 1.54) is 24.3 Å². The van der Waals surface area contributed by atoms with E-state index in [9.17, 15) is 58.6 Å². The molecule has 0 aliphatic heterocycles. The van der Waals surface area contributed by atoms with Crippen molar-refractivity contribution in [2.75, 3.05) is 17.2 Å². The van der Waals surface area contributed by atoms with Gasteiger partial charge in [-0.2, -0.15) is 0 Å². The van der Waals surface area contributed by atoms with E-state index in [0.29, 0.717) is 56.1 Å². The van der Waals surface area contributed by atoms with Crippen LogP contribution < -0.4 is 26.6 Å². The molecule has 0 aliphatic rings. The van der Waals surface area contributed by atoms with E-state index in [0.717, 1.165) is 22.5 Å². The molecule has 19 heteroatoms. The fraction of sp³-hybridized carbons (Fsp3) is 0.314. The Morgan fingerprint density at radius 2 is 0.787 bits per heavy atom. The molecule has 0 unspecified atom stereocenters. The van der Waals surface area contributed by atoms with E-state index in [1.807, 2.05) is 134 Å². The summed E-state index contributed by atoms with van der Waals surface area (Å²) in [6.07, 6.45) is -5.54. The third-order valence-electron chi connectivity index (χ3n) is 14.3. The molecular formula is C70H79CaF2N5O11. The molecule has 6 aromatic carbocycles. The van der Waals surface area contributed by atoms with Crippen LogP contribution in [-0.2, 0) is 22.7 Å². The Labute approximate surface area is 548 Å². The number of para-hydroxylation sites is 2. The third kappa shape index (κ3) is 21.1. The molecule has 4 atom stereocenters. The van der Waals surface area contributed by atoms with Crippen molar-refractivity contribution in [2.24, 2.45) is 5.73 Å². The molecule has 2 aromatic heterocycles. The first-order valence-electron chi connectivity index (χ1n) is 29.3. The molecular weight excluding hydrogens is 1160 g/mol. The molecule has 8 aromatic rings. The van der Waals surface area contributed by atoms with Gasteiger partial charge in [0.15, 0.2) is 0 Å². The number of carboxylic acids is 2. The maximum atomic E-state index is 14.0. The van der Waals surface area contributed by atoms with Gasteiger partial charge in [0.1, 0.15) is 11.6 Å². The SMILES string of the molecule is CC(C)(N)CO.CC(C)c1c(C(=O)Nc2ccccc2)c(-c2ccccc2)c(-c2ccc(F)cc2)n1CC[C@@H](O)C[C@@H](O)CC(=O)[O-].CC(C)c1c(C(=O)Nc2ccccc2)c(-c2ccccc2)c(-c2ccc(F)cc2)n1CC[C@@H](O)C[C@@H](O)CC(=O)[O-].[Ca+2]. The van der Waals surface area contributed by atoms with Crippen LogP contribution in [0, 0.1) is 11.6 Å². The van der Waals surface area contributed by atoms with Gasteiger partial charge >= 0.3 is 37.7 Å². The smallest absolute Gasteiger partial charge is 0.550 e. The van der Waals surface area contributed by atoms with Gasteiger partial charge in [0.25, 0.3) is 11.8 Å². The fourth-order valence-corrected chi connectivity index (χ4v) is 10.4. The van der Waals surface area contributed by atoms with E-state index in [1.54, 1.807) is 62.4 Å². The Bertz CT molecular complexity index is 3300. The van der Waals surface area contributed by atoms with Crippen LogP contribution in [0.2, 0.25) is 0 Å². The first-order chi connectivity index (χ1) is 41.9. The predicted molar refractivity (Wildman–Crippen MR) is 340 cm³/mol. The topological polar surface area (TPSA) is 275 Å². The van der Waals surface area contributed by atoms with Crippen molar-refractivity contribution in [3.05, 3.63) is 204 Å². The predicted octanol–water partition coefficient (Wildman–Crippen LogP) is 9.29. The van der Waals surface area contributed by atoms with E-state index in [2.05, 4.69) is 10.6 Å². The molecule has 0 saturated carbocycles. The number of amides is 2. The number of nitrogens with zero attached hydrogens (tertiary/aromatic N) is 2. The average molecular weight is 1240 g/mol. The molecule has 8 rings (SSSR count). The molecule has 0 bridgehead atoms. The van der Waals surface area contributed by atoms with Crippen LogP contribution in [0.4, 0.5) is 20.2 Å². The van der Waals surface area contributed by atoms with E-state index in [4.69, 9.17) is 10.8 Å². The Kier molecular flexibility index (Phi) is 28.1. The normalized spacial score (nSPS) is 12.5. The number of benzene rings is 6. The number of hydrogen-bond acceptors (Lipinski definition) is 12. The molecule has 89 heavy (non-hydrogen) atoms. The fourth-order valence-electron chi connectivity index (χ4n) is 10.4. The van der Waals surface area contributed by atoms with E-state index in [-0.39, 0.29) is 107 Å². The number of carbonyl (C=O) groups is 4. The molecule has 2 heterocycles. The van der Waals surface area contributed by atoms with Gasteiger partial charge in [0, 0.05) is 77.3 Å². The van der Waals surface area contributed by atoms with Crippen LogP contribution in [0.1, 0.15) is 124 Å². The van der Waals surface area contributed by atoms with Gasteiger partial charge in [-0.3, -0.25) is 9.59 Å². The Morgan fingerprint density at radius 3 is 1.06 bits per heavy atom. The zero-order valence-electron chi connectivity index (χ0n) is 51.1. The van der Waals surface area contributed by atoms with Crippen molar-refractivity contribution in [3.8, 4) is 44.8 Å². The number of carbonyl (C=O) groups excluding carboxylic acids is 4. The maximum Gasteiger partial charge on any atom is 2.00 e. The van der Waals surface area contributed by atoms with Gasteiger partial charge in [-0.25, -0.2) is 8.78 Å². The minimum atomic E-state index is -1.39. The number of anilines is 2. The summed E-state index contributed by atoms with van der Waals surface area (Å²) in [5.41, 5.74) is 14.3. The second-order valence-corrected chi connectivity index (χ2v) is 22.9. The number of aliphatic carboxylic acids is 2. The van der Waals surface area contributed by atoms with Gasteiger partial charge < -0.3 is 70.8 Å². The van der Waals surface area contributed by atoms with Crippen molar-refractivity contribution in [2.45, 2.75) is 135 Å². The van der Waals surface area contributed by atoms with E-state index >= 15 is 0 Å². The van der Waals surface area contributed by atoms with Crippen molar-refractivity contribution in [3.63, 3.8) is 0 Å². The second-order valence-electron chi connectivity index (χ2n) is 22.9. The summed E-state index contributed by atoms with van der Waals surface area (Å²) in [5.74, 6) is -4.41. The zero-order valence-corrected chi connectivity index (χ0v) is 53.3. The van der Waals surface area contributed by atoms with Gasteiger partial charge in [0.2, 0.25) is 0 Å². The minimum Gasteiger partial charge on any atom is -0.550 e. The number of rotatable bonds is 25. The number of aliphatic hydroxyl groups excluding tert-OH is 5. The molecule has 0 radical (unpaired) electrons. The number of nitrogens with one attached hydrogen (secondary N) is 2. The first kappa shape index (κ1) is 72.4. The molecule has 466 valence electrons. The van der Waals surface area contributed by atoms with Crippen LogP contribution in [0.5, 0.6) is 0 Å². The van der Waals surface area contributed by atoms with Crippen LogP contribution in [0.3, 0.4) is 0 Å². The van der Waals surface area contributed by atoms with Crippen molar-refractivity contribution >= 4 is 72.9 Å². The van der Waals surface area contributed by atoms with Crippen molar-refractivity contribution < 1.29 is 63.7 Å². The van der Waals surface area contributed by atoms with Gasteiger partial charge in [0.05, 0.1) is 53.5 Å². The molecule has 0 aliphatic carbocycles. The van der Waals surface area contributed by atoms with Gasteiger partial charge in [-0.1, -0.05) is 125 Å². The summed E-state index contributed by atoms with van der Waals surface area (Å²) >= 11 is 0. The van der Waals surface area contributed by atoms with Crippen LogP contribution in [0.25, 0.3) is 44.8 Å². The van der Waals surface area contributed by atoms with Crippen LogP contribution >= 0.6 is 0 Å². The number of nitrogens with two attached hydrogens (primary N) is 1. The van der Waals surface area contributed by atoms with Crippen molar-refractivity contribution in [1.29, 1.82) is 0 Å². The van der Waals surface area contributed by atoms with Crippen molar-refractivity contribution in [1.82, 2.24) is 9.13 Å².